The quantitative estimate of drug-likeness (QED) is 0.349. The second kappa shape index (κ2) is 9.66. The van der Waals surface area contributed by atoms with Crippen LogP contribution in [-0.4, -0.2) is 19.5 Å². The highest BCUT2D eigenvalue weighted by molar-refractivity contribution is 6.32. The van der Waals surface area contributed by atoms with Gasteiger partial charge in [-0.3, -0.25) is 0 Å². The number of allylic oxidation sites excluding steroid dienone is 1. The molecule has 1 N–H and O–H groups in total. The summed E-state index contributed by atoms with van der Waals surface area (Å²) in [4.78, 5) is 12.9. The molecule has 0 aliphatic rings. The van der Waals surface area contributed by atoms with Gasteiger partial charge in [-0.2, -0.15) is 0 Å². The number of imidazole rings is 1. The number of aryl methyl sites for hydroxylation is 1. The van der Waals surface area contributed by atoms with Crippen molar-refractivity contribution in [2.45, 2.75) is 27.3 Å². The minimum absolute atomic E-state index is 0.506. The molecule has 0 atom stereocenters. The van der Waals surface area contributed by atoms with Crippen LogP contribution in [0, 0.1) is 13.8 Å². The maximum absolute atomic E-state index is 6.52. The van der Waals surface area contributed by atoms with Crippen LogP contribution in [0.3, 0.4) is 0 Å². The van der Waals surface area contributed by atoms with Crippen molar-refractivity contribution in [1.29, 1.82) is 0 Å². The summed E-state index contributed by atoms with van der Waals surface area (Å²) < 4.78 is 8.15. The molecule has 162 valence electrons. The van der Waals surface area contributed by atoms with E-state index in [4.69, 9.17) is 16.3 Å². The maximum atomic E-state index is 6.52. The monoisotopic (exact) mass is 445 g/mol. The molecule has 7 heteroatoms. The predicted molar refractivity (Wildman–Crippen MR) is 129 cm³/mol. The molecule has 2 heterocycles. The normalized spacial score (nSPS) is 11.1. The van der Waals surface area contributed by atoms with Gasteiger partial charge in [0.15, 0.2) is 0 Å². The minimum Gasteiger partial charge on any atom is -0.456 e. The zero-order chi connectivity index (χ0) is 22.5. The number of hydrogen-bond acceptors (Lipinski definition) is 5. The van der Waals surface area contributed by atoms with E-state index < -0.39 is 0 Å². The molecule has 0 aliphatic carbocycles. The molecule has 0 aliphatic heterocycles. The zero-order valence-corrected chi connectivity index (χ0v) is 19.0. The number of benzene rings is 2. The van der Waals surface area contributed by atoms with Gasteiger partial charge in [0.05, 0.1) is 10.7 Å². The van der Waals surface area contributed by atoms with Crippen molar-refractivity contribution in [1.82, 2.24) is 19.5 Å². The van der Waals surface area contributed by atoms with Crippen LogP contribution in [0.5, 0.6) is 11.5 Å². The van der Waals surface area contributed by atoms with Gasteiger partial charge in [0.1, 0.15) is 29.5 Å². The lowest BCUT2D eigenvalue weighted by molar-refractivity contribution is 0.482. The van der Waals surface area contributed by atoms with E-state index in [0.717, 1.165) is 46.4 Å². The largest absolute Gasteiger partial charge is 0.456 e. The summed E-state index contributed by atoms with van der Waals surface area (Å²) >= 11 is 6.52. The third kappa shape index (κ3) is 4.98. The van der Waals surface area contributed by atoms with E-state index >= 15 is 0 Å². The summed E-state index contributed by atoms with van der Waals surface area (Å²) in [6.07, 6.45) is 9.21. The molecule has 2 aromatic heterocycles. The van der Waals surface area contributed by atoms with Crippen LogP contribution >= 0.6 is 11.6 Å². The molecule has 32 heavy (non-hydrogen) atoms. The maximum Gasteiger partial charge on any atom is 0.146 e. The summed E-state index contributed by atoms with van der Waals surface area (Å²) in [6, 6.07) is 13.5. The summed E-state index contributed by atoms with van der Waals surface area (Å²) in [5, 5.41) is 3.81. The van der Waals surface area contributed by atoms with E-state index in [1.54, 1.807) is 12.5 Å². The molecule has 0 fully saturated rings. The summed E-state index contributed by atoms with van der Waals surface area (Å²) in [5.41, 5.74) is 3.78. The van der Waals surface area contributed by atoms with Crippen molar-refractivity contribution in [3.63, 3.8) is 0 Å². The fraction of sp³-hybridized carbons (Fsp3) is 0.160. The number of nitrogens with zero attached hydrogens (tertiary/aromatic N) is 4. The minimum atomic E-state index is 0.506. The lowest BCUT2D eigenvalue weighted by atomic mass is 10.2. The summed E-state index contributed by atoms with van der Waals surface area (Å²) in [6.45, 7) is 6.66. The Morgan fingerprint density at radius 2 is 1.97 bits per heavy atom. The van der Waals surface area contributed by atoms with Crippen LogP contribution in [0.25, 0.3) is 6.08 Å². The average molecular weight is 446 g/mol. The molecular weight excluding hydrogens is 422 g/mol. The number of aromatic nitrogens is 4. The number of halogens is 1. The molecule has 0 unspecified atom stereocenters. The third-order valence-corrected chi connectivity index (χ3v) is 5.34. The fourth-order valence-corrected chi connectivity index (χ4v) is 3.53. The molecule has 6 nitrogen and oxygen atoms in total. The lowest BCUT2D eigenvalue weighted by Crippen LogP contribution is -2.01. The van der Waals surface area contributed by atoms with Gasteiger partial charge >= 0.3 is 0 Å². The topological polar surface area (TPSA) is 64.9 Å². The molecule has 0 saturated heterocycles. The van der Waals surface area contributed by atoms with E-state index in [2.05, 4.69) is 30.9 Å². The Bertz CT molecular complexity index is 1260. The van der Waals surface area contributed by atoms with Crippen molar-refractivity contribution >= 4 is 29.2 Å². The van der Waals surface area contributed by atoms with Gasteiger partial charge in [0, 0.05) is 30.2 Å². The first-order chi connectivity index (χ1) is 15.5. The van der Waals surface area contributed by atoms with Crippen LogP contribution in [-0.2, 0) is 6.54 Å². The Hall–Kier alpha value is -3.64. The molecule has 0 radical (unpaired) electrons. The highest BCUT2D eigenvalue weighted by Gasteiger charge is 2.09. The average Bonchev–Trinajstić information content (AvgIpc) is 3.18. The molecule has 0 amide bonds. The summed E-state index contributed by atoms with van der Waals surface area (Å²) in [7, 11) is 0. The van der Waals surface area contributed by atoms with Crippen molar-refractivity contribution in [3.05, 3.63) is 94.9 Å². The highest BCUT2D eigenvalue weighted by atomic mass is 35.5. The SMILES string of the molecule is C/C=C\c1ncnc(Nc2ccc(Oc3cccc(Cn4ccnc4C)c3)c(Cl)c2)c1C. The number of ether oxygens (including phenoxy) is 1. The van der Waals surface area contributed by atoms with Gasteiger partial charge in [0.2, 0.25) is 0 Å². The predicted octanol–water partition coefficient (Wildman–Crippen LogP) is 6.56. The number of anilines is 2. The Balaban J connectivity index is 1.49. The second-order valence-electron chi connectivity index (χ2n) is 7.35. The van der Waals surface area contributed by atoms with E-state index in [0.29, 0.717) is 10.8 Å². The van der Waals surface area contributed by atoms with Crippen molar-refractivity contribution < 1.29 is 4.74 Å². The lowest BCUT2D eigenvalue weighted by Gasteiger charge is -2.13. The van der Waals surface area contributed by atoms with Crippen molar-refractivity contribution in [3.8, 4) is 11.5 Å². The first-order valence-electron chi connectivity index (χ1n) is 10.3. The van der Waals surface area contributed by atoms with Crippen LogP contribution in [0.4, 0.5) is 11.5 Å². The molecular formula is C25H24ClN5O. The van der Waals surface area contributed by atoms with E-state index in [1.807, 2.05) is 75.5 Å². The van der Waals surface area contributed by atoms with E-state index in [9.17, 15) is 0 Å². The van der Waals surface area contributed by atoms with Gasteiger partial charge < -0.3 is 14.6 Å². The van der Waals surface area contributed by atoms with Gasteiger partial charge in [-0.25, -0.2) is 15.0 Å². The Morgan fingerprint density at radius 1 is 1.09 bits per heavy atom. The number of hydrogen-bond donors (Lipinski definition) is 1. The highest BCUT2D eigenvalue weighted by Crippen LogP contribution is 2.33. The van der Waals surface area contributed by atoms with Gasteiger partial charge in [-0.05, 0) is 62.7 Å². The molecule has 0 saturated carbocycles. The number of rotatable bonds is 7. The number of nitrogens with one attached hydrogen (secondary N) is 1. The Labute approximate surface area is 192 Å². The molecule has 4 aromatic rings. The van der Waals surface area contributed by atoms with Crippen molar-refractivity contribution in [2.24, 2.45) is 0 Å². The standard InChI is InChI=1S/C25H24ClN5O/c1-4-6-23-17(2)25(29-16-28-23)30-20-9-10-24(22(26)14-20)32-21-8-5-7-19(13-21)15-31-12-11-27-18(31)3/h4-14,16H,15H2,1-3H3,(H,28,29,30)/b6-4-. The Kier molecular flexibility index (Phi) is 6.52. The van der Waals surface area contributed by atoms with E-state index in [-0.39, 0.29) is 0 Å². The zero-order valence-electron chi connectivity index (χ0n) is 18.2. The molecule has 0 bridgehead atoms. The van der Waals surface area contributed by atoms with Crippen LogP contribution in [0.2, 0.25) is 5.02 Å². The van der Waals surface area contributed by atoms with Crippen LogP contribution < -0.4 is 10.1 Å². The van der Waals surface area contributed by atoms with Gasteiger partial charge in [-0.1, -0.05) is 29.8 Å². The summed E-state index contributed by atoms with van der Waals surface area (Å²) in [5.74, 6) is 3.02. The first-order valence-corrected chi connectivity index (χ1v) is 10.7. The molecule has 0 spiro atoms. The van der Waals surface area contributed by atoms with Gasteiger partial charge in [-0.15, -0.1) is 0 Å². The Morgan fingerprint density at radius 3 is 2.72 bits per heavy atom. The third-order valence-electron chi connectivity index (χ3n) is 5.05. The molecule has 4 rings (SSSR count). The van der Waals surface area contributed by atoms with Crippen molar-refractivity contribution in [2.75, 3.05) is 5.32 Å². The van der Waals surface area contributed by atoms with Crippen LogP contribution in [0.1, 0.15) is 29.6 Å². The van der Waals surface area contributed by atoms with Crippen LogP contribution in [0.15, 0.2) is 67.3 Å². The fourth-order valence-electron chi connectivity index (χ4n) is 3.32. The van der Waals surface area contributed by atoms with E-state index in [1.165, 1.54) is 0 Å². The first kappa shape index (κ1) is 21.6. The second-order valence-corrected chi connectivity index (χ2v) is 7.76. The smallest absolute Gasteiger partial charge is 0.146 e. The van der Waals surface area contributed by atoms with Gasteiger partial charge in [0.25, 0.3) is 0 Å². The molecule has 2 aromatic carbocycles.